The molecule has 1 fully saturated rings. The Labute approximate surface area is 160 Å². The summed E-state index contributed by atoms with van der Waals surface area (Å²) in [6, 6.07) is 11.0. The molecule has 0 amide bonds. The molecular formula is C20H17N7O. The first-order valence-corrected chi connectivity index (χ1v) is 9.07. The van der Waals surface area contributed by atoms with E-state index in [1.54, 1.807) is 41.6 Å². The fourth-order valence-electron chi connectivity index (χ4n) is 3.39. The highest BCUT2D eigenvalue weighted by Crippen LogP contribution is 2.25. The van der Waals surface area contributed by atoms with Gasteiger partial charge in [0.1, 0.15) is 11.3 Å². The zero-order chi connectivity index (χ0) is 18.9. The highest BCUT2D eigenvalue weighted by Gasteiger charge is 2.29. The van der Waals surface area contributed by atoms with Gasteiger partial charge in [0.15, 0.2) is 5.65 Å². The monoisotopic (exact) mass is 371 g/mol. The quantitative estimate of drug-likeness (QED) is 0.540. The van der Waals surface area contributed by atoms with Gasteiger partial charge in [-0.1, -0.05) is 0 Å². The van der Waals surface area contributed by atoms with Gasteiger partial charge in [-0.2, -0.15) is 5.10 Å². The summed E-state index contributed by atoms with van der Waals surface area (Å²) in [6.45, 7) is 2.24. The van der Waals surface area contributed by atoms with Gasteiger partial charge in [0.05, 0.1) is 12.2 Å². The van der Waals surface area contributed by atoms with E-state index >= 15 is 0 Å². The van der Waals surface area contributed by atoms with E-state index in [0.29, 0.717) is 18.1 Å². The summed E-state index contributed by atoms with van der Waals surface area (Å²) >= 11 is 0. The molecule has 1 aliphatic rings. The molecule has 0 spiro atoms. The molecule has 0 aliphatic carbocycles. The Morgan fingerprint density at radius 3 is 2.61 bits per heavy atom. The van der Waals surface area contributed by atoms with Gasteiger partial charge < -0.3 is 4.90 Å². The summed E-state index contributed by atoms with van der Waals surface area (Å²) in [7, 11) is 0. The minimum atomic E-state index is -0.0876. The highest BCUT2D eigenvalue weighted by atomic mass is 16.1. The zero-order valence-corrected chi connectivity index (χ0v) is 15.0. The van der Waals surface area contributed by atoms with Gasteiger partial charge in [-0.05, 0) is 30.3 Å². The summed E-state index contributed by atoms with van der Waals surface area (Å²) in [5.74, 6) is 1.23. The third kappa shape index (κ3) is 3.09. The molecule has 0 aromatic carbocycles. The van der Waals surface area contributed by atoms with Crippen LogP contribution in [0.5, 0.6) is 0 Å². The summed E-state index contributed by atoms with van der Waals surface area (Å²) in [5, 5.41) is 4.53. The van der Waals surface area contributed by atoms with E-state index in [0.717, 1.165) is 35.7 Å². The van der Waals surface area contributed by atoms with E-state index in [-0.39, 0.29) is 5.56 Å². The lowest BCUT2D eigenvalue weighted by Crippen LogP contribution is -2.50. The number of rotatable bonds is 4. The van der Waals surface area contributed by atoms with Crippen LogP contribution in [0.1, 0.15) is 0 Å². The summed E-state index contributed by atoms with van der Waals surface area (Å²) < 4.78 is 1.55. The van der Waals surface area contributed by atoms with Crippen molar-refractivity contribution >= 4 is 17.0 Å². The Bertz CT molecular complexity index is 1190. The number of hydrogen-bond acceptors (Lipinski definition) is 7. The number of anilines is 1. The smallest absolute Gasteiger partial charge is 0.266 e. The first kappa shape index (κ1) is 16.5. The summed E-state index contributed by atoms with van der Waals surface area (Å²) in [4.78, 5) is 31.5. The van der Waals surface area contributed by atoms with Crippen LogP contribution in [0.25, 0.3) is 22.4 Å². The number of fused-ring (bicyclic) bond motifs is 1. The van der Waals surface area contributed by atoms with Gasteiger partial charge in [-0.3, -0.25) is 14.8 Å². The molecule has 8 heteroatoms. The number of aromatic nitrogens is 6. The van der Waals surface area contributed by atoms with Gasteiger partial charge in [0, 0.05) is 55.4 Å². The Morgan fingerprint density at radius 1 is 0.929 bits per heavy atom. The molecular weight excluding hydrogens is 354 g/mol. The lowest BCUT2D eigenvalue weighted by molar-refractivity contribution is 0.333. The van der Waals surface area contributed by atoms with E-state index in [1.165, 1.54) is 0 Å². The fraction of sp³-hybridized carbons (Fsp3) is 0.200. The van der Waals surface area contributed by atoms with Gasteiger partial charge >= 0.3 is 0 Å². The maximum Gasteiger partial charge on any atom is 0.266 e. The van der Waals surface area contributed by atoms with Crippen LogP contribution in [0.2, 0.25) is 0 Å². The normalized spacial score (nSPS) is 14.2. The lowest BCUT2D eigenvalue weighted by Gasteiger charge is -2.40. The van der Waals surface area contributed by atoms with Crippen LogP contribution in [0.15, 0.2) is 66.0 Å². The van der Waals surface area contributed by atoms with E-state index in [2.05, 4.69) is 29.9 Å². The van der Waals surface area contributed by atoms with Crippen LogP contribution in [-0.4, -0.2) is 42.8 Å². The summed E-state index contributed by atoms with van der Waals surface area (Å²) in [5.41, 5.74) is 3.06. The molecule has 0 N–H and O–H groups in total. The zero-order valence-electron chi connectivity index (χ0n) is 15.0. The lowest BCUT2D eigenvalue weighted by atomic mass is 10.0. The van der Waals surface area contributed by atoms with E-state index in [1.807, 2.05) is 24.3 Å². The van der Waals surface area contributed by atoms with Gasteiger partial charge in [-0.15, -0.1) is 0 Å². The fourth-order valence-corrected chi connectivity index (χ4v) is 3.39. The van der Waals surface area contributed by atoms with Crippen molar-refractivity contribution in [2.24, 2.45) is 5.92 Å². The second-order valence-electron chi connectivity index (χ2n) is 6.81. The minimum Gasteiger partial charge on any atom is -0.356 e. The van der Waals surface area contributed by atoms with Gasteiger partial charge in [0.25, 0.3) is 5.56 Å². The SMILES string of the molecule is O=c1ccc(-c2ccncc2)nn1CC1CN(c2ccc3nccnc3n2)C1. The molecule has 0 bridgehead atoms. The summed E-state index contributed by atoms with van der Waals surface area (Å²) in [6.07, 6.45) is 6.74. The van der Waals surface area contributed by atoms with Crippen LogP contribution in [0.3, 0.4) is 0 Å². The maximum absolute atomic E-state index is 12.2. The molecule has 1 saturated heterocycles. The van der Waals surface area contributed by atoms with Crippen molar-refractivity contribution in [3.63, 3.8) is 0 Å². The molecule has 8 nitrogen and oxygen atoms in total. The first-order chi connectivity index (χ1) is 13.8. The number of hydrogen-bond donors (Lipinski definition) is 0. The minimum absolute atomic E-state index is 0.0876. The Balaban J connectivity index is 1.30. The second kappa shape index (κ2) is 6.80. The Morgan fingerprint density at radius 2 is 1.75 bits per heavy atom. The van der Waals surface area contributed by atoms with Crippen molar-refractivity contribution < 1.29 is 0 Å². The average Bonchev–Trinajstić information content (AvgIpc) is 2.72. The third-order valence-electron chi connectivity index (χ3n) is 4.87. The van der Waals surface area contributed by atoms with Crippen molar-refractivity contribution in [3.8, 4) is 11.3 Å². The standard InChI is InChI=1S/C20H17N7O/c28-19-4-2-16(15-5-7-21-8-6-15)25-27(19)13-14-11-26(12-14)18-3-1-17-20(24-18)23-10-9-22-17/h1-10,14H,11-13H2. The molecule has 5 heterocycles. The molecule has 5 rings (SSSR count). The predicted molar refractivity (Wildman–Crippen MR) is 105 cm³/mol. The number of pyridine rings is 2. The molecule has 1 aliphatic heterocycles. The third-order valence-corrected chi connectivity index (χ3v) is 4.87. The van der Waals surface area contributed by atoms with E-state index in [9.17, 15) is 4.79 Å². The van der Waals surface area contributed by atoms with Gasteiger partial charge in [0.2, 0.25) is 0 Å². The number of nitrogens with zero attached hydrogens (tertiary/aromatic N) is 7. The molecule has 0 atom stereocenters. The average molecular weight is 371 g/mol. The van der Waals surface area contributed by atoms with E-state index in [4.69, 9.17) is 0 Å². The predicted octanol–water partition coefficient (Wildman–Crippen LogP) is 1.78. The van der Waals surface area contributed by atoms with Crippen molar-refractivity contribution in [3.05, 3.63) is 71.5 Å². The molecule has 0 unspecified atom stereocenters. The highest BCUT2D eigenvalue weighted by molar-refractivity contribution is 5.71. The van der Waals surface area contributed by atoms with Gasteiger partial charge in [-0.25, -0.2) is 14.6 Å². The topological polar surface area (TPSA) is 89.7 Å². The van der Waals surface area contributed by atoms with Crippen molar-refractivity contribution in [2.45, 2.75) is 6.54 Å². The molecule has 0 radical (unpaired) electrons. The Kier molecular flexibility index (Phi) is 4.01. The molecule has 0 saturated carbocycles. The van der Waals surface area contributed by atoms with Crippen molar-refractivity contribution in [2.75, 3.05) is 18.0 Å². The van der Waals surface area contributed by atoms with Crippen LogP contribution < -0.4 is 10.5 Å². The molecule has 28 heavy (non-hydrogen) atoms. The first-order valence-electron chi connectivity index (χ1n) is 9.07. The molecule has 138 valence electrons. The van der Waals surface area contributed by atoms with Crippen LogP contribution in [0, 0.1) is 5.92 Å². The van der Waals surface area contributed by atoms with Crippen LogP contribution in [-0.2, 0) is 6.54 Å². The molecule has 4 aromatic rings. The Hall–Kier alpha value is -3.68. The van der Waals surface area contributed by atoms with Crippen LogP contribution in [0.4, 0.5) is 5.82 Å². The van der Waals surface area contributed by atoms with Crippen molar-refractivity contribution in [1.82, 2.24) is 29.7 Å². The molecule has 4 aromatic heterocycles. The van der Waals surface area contributed by atoms with Crippen molar-refractivity contribution in [1.29, 1.82) is 0 Å². The maximum atomic E-state index is 12.2. The van der Waals surface area contributed by atoms with E-state index < -0.39 is 0 Å². The largest absolute Gasteiger partial charge is 0.356 e. The van der Waals surface area contributed by atoms with Crippen LogP contribution >= 0.6 is 0 Å². The second-order valence-corrected chi connectivity index (χ2v) is 6.81.